The van der Waals surface area contributed by atoms with E-state index in [0.29, 0.717) is 40.5 Å². The first kappa shape index (κ1) is 15.9. The van der Waals surface area contributed by atoms with Crippen LogP contribution in [0.5, 0.6) is 0 Å². The van der Waals surface area contributed by atoms with Gasteiger partial charge in [-0.3, -0.25) is 4.79 Å². The van der Waals surface area contributed by atoms with Crippen LogP contribution in [0, 0.1) is 5.92 Å². The van der Waals surface area contributed by atoms with Crippen LogP contribution in [0.2, 0.25) is 5.02 Å². The normalized spacial score (nSPS) is 20.1. The number of aromatic nitrogens is 4. The van der Waals surface area contributed by atoms with Gasteiger partial charge < -0.3 is 10.1 Å². The van der Waals surface area contributed by atoms with Gasteiger partial charge >= 0.3 is 0 Å². The van der Waals surface area contributed by atoms with Gasteiger partial charge in [0, 0.05) is 23.6 Å². The Hall–Kier alpha value is -1.99. The van der Waals surface area contributed by atoms with Crippen LogP contribution in [0.4, 0.5) is 5.69 Å². The molecule has 1 aliphatic rings. The van der Waals surface area contributed by atoms with Gasteiger partial charge in [0.1, 0.15) is 0 Å². The maximum absolute atomic E-state index is 12.2. The van der Waals surface area contributed by atoms with Gasteiger partial charge in [-0.2, -0.15) is 5.21 Å². The summed E-state index contributed by atoms with van der Waals surface area (Å²) in [6.07, 6.45) is 2.68. The van der Waals surface area contributed by atoms with Gasteiger partial charge in [0.05, 0.1) is 11.8 Å². The fourth-order valence-electron chi connectivity index (χ4n) is 2.76. The highest BCUT2D eigenvalue weighted by molar-refractivity contribution is 6.31. The lowest BCUT2D eigenvalue weighted by Gasteiger charge is -2.34. The third-order valence-electron chi connectivity index (χ3n) is 3.91. The Balaban J connectivity index is 1.63. The summed E-state index contributed by atoms with van der Waals surface area (Å²) in [5, 5.41) is 17.3. The molecule has 1 aromatic heterocycles. The van der Waals surface area contributed by atoms with Crippen molar-refractivity contribution in [1.82, 2.24) is 20.6 Å². The van der Waals surface area contributed by atoms with Crippen LogP contribution in [0.1, 0.15) is 26.2 Å². The summed E-state index contributed by atoms with van der Waals surface area (Å²) >= 11 is 6.02. The number of carbonyl (C=O) groups is 1. The van der Waals surface area contributed by atoms with E-state index in [0.717, 1.165) is 19.4 Å². The number of carbonyl (C=O) groups excluding carboxylic acids is 1. The molecular weight excluding hydrogens is 318 g/mol. The van der Waals surface area contributed by atoms with E-state index in [-0.39, 0.29) is 5.91 Å². The monoisotopic (exact) mass is 335 g/mol. The number of benzene rings is 1. The van der Waals surface area contributed by atoms with E-state index in [1.54, 1.807) is 18.2 Å². The molecule has 0 spiro atoms. The zero-order chi connectivity index (χ0) is 16.2. The predicted octanol–water partition coefficient (Wildman–Crippen LogP) is 2.66. The van der Waals surface area contributed by atoms with Crippen LogP contribution in [0.15, 0.2) is 18.2 Å². The van der Waals surface area contributed by atoms with Crippen molar-refractivity contribution in [1.29, 1.82) is 0 Å². The van der Waals surface area contributed by atoms with E-state index in [4.69, 9.17) is 16.3 Å². The number of amides is 1. The van der Waals surface area contributed by atoms with Crippen molar-refractivity contribution in [3.63, 3.8) is 0 Å². The van der Waals surface area contributed by atoms with Gasteiger partial charge in [-0.25, -0.2) is 0 Å². The van der Waals surface area contributed by atoms with E-state index < -0.39 is 0 Å². The molecule has 1 amide bonds. The van der Waals surface area contributed by atoms with Crippen molar-refractivity contribution in [3.8, 4) is 11.4 Å². The lowest BCUT2D eigenvalue weighted by atomic mass is 9.80. The van der Waals surface area contributed by atoms with Crippen LogP contribution in [0.3, 0.4) is 0 Å². The molecule has 0 aliphatic heterocycles. The van der Waals surface area contributed by atoms with Crippen molar-refractivity contribution < 1.29 is 9.53 Å². The number of halogens is 1. The number of nitrogens with zero attached hydrogens (tertiary/aromatic N) is 3. The molecule has 0 radical (unpaired) electrons. The molecule has 23 heavy (non-hydrogen) atoms. The molecule has 122 valence electrons. The molecule has 0 saturated heterocycles. The highest BCUT2D eigenvalue weighted by atomic mass is 35.5. The second kappa shape index (κ2) is 7.06. The third kappa shape index (κ3) is 3.86. The summed E-state index contributed by atoms with van der Waals surface area (Å²) in [5.74, 6) is 0.743. The Morgan fingerprint density at radius 2 is 2.30 bits per heavy atom. The van der Waals surface area contributed by atoms with E-state index >= 15 is 0 Å². The smallest absolute Gasteiger partial charge is 0.224 e. The summed E-state index contributed by atoms with van der Waals surface area (Å²) in [5.41, 5.74) is 1.27. The molecule has 1 fully saturated rings. The molecule has 1 aliphatic carbocycles. The first-order chi connectivity index (χ1) is 11.2. The standard InChI is InChI=1S/C15H18ClN5O2/c1-2-23-11-5-9(6-11)7-14(22)17-13-4-3-10(16)8-12(13)15-18-20-21-19-15/h3-4,8-9,11H,2,5-7H2,1H3,(H,17,22)(H,18,19,20,21). The van der Waals surface area contributed by atoms with Crippen molar-refractivity contribution >= 4 is 23.2 Å². The molecule has 2 aromatic rings. The topological polar surface area (TPSA) is 92.8 Å². The maximum Gasteiger partial charge on any atom is 0.224 e. The van der Waals surface area contributed by atoms with Gasteiger partial charge in [-0.05, 0) is 49.1 Å². The molecule has 0 unspecified atom stereocenters. The van der Waals surface area contributed by atoms with Crippen LogP contribution in [-0.2, 0) is 9.53 Å². The van der Waals surface area contributed by atoms with Crippen molar-refractivity contribution in [2.75, 3.05) is 11.9 Å². The zero-order valence-electron chi connectivity index (χ0n) is 12.8. The third-order valence-corrected chi connectivity index (χ3v) is 4.15. The summed E-state index contributed by atoms with van der Waals surface area (Å²) < 4.78 is 5.52. The van der Waals surface area contributed by atoms with Crippen LogP contribution < -0.4 is 5.32 Å². The van der Waals surface area contributed by atoms with Gasteiger partial charge in [0.25, 0.3) is 0 Å². The molecule has 1 saturated carbocycles. The number of anilines is 1. The first-order valence-corrected chi connectivity index (χ1v) is 7.98. The number of aromatic amines is 1. The van der Waals surface area contributed by atoms with Crippen molar-refractivity contribution in [2.45, 2.75) is 32.3 Å². The van der Waals surface area contributed by atoms with Gasteiger partial charge in [-0.15, -0.1) is 10.2 Å². The Morgan fingerprint density at radius 3 is 3.00 bits per heavy atom. The first-order valence-electron chi connectivity index (χ1n) is 7.60. The van der Waals surface area contributed by atoms with E-state index in [1.165, 1.54) is 0 Å². The predicted molar refractivity (Wildman–Crippen MR) is 86.0 cm³/mol. The minimum absolute atomic E-state index is 0.0305. The number of tetrazole rings is 1. The SMILES string of the molecule is CCOC1CC(CC(=O)Nc2ccc(Cl)cc2-c2nn[nH]n2)C1. The summed E-state index contributed by atoms with van der Waals surface area (Å²) in [7, 11) is 0. The molecule has 0 bridgehead atoms. The second-order valence-corrected chi connectivity index (χ2v) is 6.03. The lowest BCUT2D eigenvalue weighted by molar-refractivity contribution is -0.119. The van der Waals surface area contributed by atoms with Gasteiger partial charge in [0.2, 0.25) is 11.7 Å². The summed E-state index contributed by atoms with van der Waals surface area (Å²) in [6.45, 7) is 2.71. The highest BCUT2D eigenvalue weighted by Crippen LogP contribution is 2.33. The van der Waals surface area contributed by atoms with Crippen LogP contribution >= 0.6 is 11.6 Å². The number of H-pyrrole nitrogens is 1. The summed E-state index contributed by atoms with van der Waals surface area (Å²) in [6, 6.07) is 5.17. The zero-order valence-corrected chi connectivity index (χ0v) is 13.5. The summed E-state index contributed by atoms with van der Waals surface area (Å²) in [4.78, 5) is 12.2. The molecule has 8 heteroatoms. The fraction of sp³-hybridized carbons (Fsp3) is 0.467. The molecule has 1 aromatic carbocycles. The van der Waals surface area contributed by atoms with Crippen molar-refractivity contribution in [2.24, 2.45) is 5.92 Å². The quantitative estimate of drug-likeness (QED) is 0.846. The van der Waals surface area contributed by atoms with E-state index in [2.05, 4.69) is 25.9 Å². The number of nitrogens with one attached hydrogen (secondary N) is 2. The Labute approximate surface area is 138 Å². The number of hydrogen-bond donors (Lipinski definition) is 2. The van der Waals surface area contributed by atoms with E-state index in [9.17, 15) is 4.79 Å². The largest absolute Gasteiger partial charge is 0.378 e. The van der Waals surface area contributed by atoms with Gasteiger partial charge in [-0.1, -0.05) is 11.6 Å². The molecule has 1 heterocycles. The minimum Gasteiger partial charge on any atom is -0.378 e. The molecule has 2 N–H and O–H groups in total. The Morgan fingerprint density at radius 1 is 1.48 bits per heavy atom. The molecule has 3 rings (SSSR count). The number of rotatable bonds is 6. The van der Waals surface area contributed by atoms with Crippen molar-refractivity contribution in [3.05, 3.63) is 23.2 Å². The molecular formula is C15H18ClN5O2. The average Bonchev–Trinajstić information content (AvgIpc) is 3.01. The van der Waals surface area contributed by atoms with Crippen LogP contribution in [0.25, 0.3) is 11.4 Å². The maximum atomic E-state index is 12.2. The lowest BCUT2D eigenvalue weighted by Crippen LogP contribution is -2.33. The molecule has 7 nitrogen and oxygen atoms in total. The minimum atomic E-state index is -0.0305. The Kier molecular flexibility index (Phi) is 4.88. The number of ether oxygens (including phenoxy) is 1. The number of hydrogen-bond acceptors (Lipinski definition) is 5. The fourth-order valence-corrected chi connectivity index (χ4v) is 2.93. The second-order valence-electron chi connectivity index (χ2n) is 5.59. The average molecular weight is 336 g/mol. The van der Waals surface area contributed by atoms with E-state index in [1.807, 2.05) is 6.92 Å². The van der Waals surface area contributed by atoms with Gasteiger partial charge in [0.15, 0.2) is 0 Å². The molecule has 0 atom stereocenters. The van der Waals surface area contributed by atoms with Crippen LogP contribution in [-0.4, -0.2) is 39.2 Å². The highest BCUT2D eigenvalue weighted by Gasteiger charge is 2.31. The Bertz CT molecular complexity index is 671.